The predicted molar refractivity (Wildman–Crippen MR) is 60.5 cm³/mol. The van der Waals surface area contributed by atoms with Crippen LogP contribution in [0.2, 0.25) is 0 Å². The second-order valence-electron chi connectivity index (χ2n) is 4.70. The lowest BCUT2D eigenvalue weighted by atomic mass is 9.89. The van der Waals surface area contributed by atoms with E-state index in [1.807, 2.05) is 0 Å². The molecule has 1 atom stereocenters. The molecule has 0 heterocycles. The summed E-state index contributed by atoms with van der Waals surface area (Å²) in [6, 6.07) is 0. The van der Waals surface area contributed by atoms with E-state index in [-0.39, 0.29) is 12.0 Å². The third kappa shape index (κ3) is 5.78. The summed E-state index contributed by atoms with van der Waals surface area (Å²) in [7, 11) is 0. The largest absolute Gasteiger partial charge is 0.393 e. The average molecular weight is 213 g/mol. The van der Waals surface area contributed by atoms with E-state index in [2.05, 4.69) is 5.32 Å². The highest BCUT2D eigenvalue weighted by Gasteiger charge is 2.14. The fraction of sp³-hybridized carbons (Fsp3) is 0.917. The Hall–Kier alpha value is -0.570. The summed E-state index contributed by atoms with van der Waals surface area (Å²) < 4.78 is 0. The van der Waals surface area contributed by atoms with Crippen LogP contribution in [0.5, 0.6) is 0 Å². The Labute approximate surface area is 92.3 Å². The van der Waals surface area contributed by atoms with Crippen molar-refractivity contribution in [2.45, 2.75) is 58.0 Å². The lowest BCUT2D eigenvalue weighted by Gasteiger charge is -2.21. The van der Waals surface area contributed by atoms with Crippen LogP contribution in [0.1, 0.15) is 51.9 Å². The van der Waals surface area contributed by atoms with Gasteiger partial charge >= 0.3 is 0 Å². The summed E-state index contributed by atoms with van der Waals surface area (Å²) in [6.07, 6.45) is 7.15. The van der Waals surface area contributed by atoms with Crippen molar-refractivity contribution < 1.29 is 9.90 Å². The minimum absolute atomic E-state index is 0.0847. The molecule has 2 N–H and O–H groups in total. The summed E-state index contributed by atoms with van der Waals surface area (Å²) in [6.45, 7) is 2.55. The lowest BCUT2D eigenvalue weighted by Crippen LogP contribution is -2.30. The van der Waals surface area contributed by atoms with Gasteiger partial charge in [0.2, 0.25) is 5.91 Å². The number of aliphatic hydroxyl groups is 1. The van der Waals surface area contributed by atoms with Crippen molar-refractivity contribution in [3.63, 3.8) is 0 Å². The molecule has 0 aliphatic heterocycles. The first-order valence-corrected chi connectivity index (χ1v) is 6.13. The maximum atomic E-state index is 11.4. The number of carbonyl (C=O) groups is 1. The molecule has 1 amide bonds. The molecule has 1 aliphatic carbocycles. The average Bonchev–Trinajstić information content (AvgIpc) is 2.25. The first kappa shape index (κ1) is 12.5. The van der Waals surface area contributed by atoms with Crippen LogP contribution < -0.4 is 5.32 Å². The molecule has 0 spiro atoms. The first-order valence-electron chi connectivity index (χ1n) is 6.13. The minimum Gasteiger partial charge on any atom is -0.393 e. The molecule has 1 saturated carbocycles. The number of amides is 1. The molecule has 3 heteroatoms. The van der Waals surface area contributed by atoms with Gasteiger partial charge in [0.1, 0.15) is 0 Å². The number of hydrogen-bond acceptors (Lipinski definition) is 2. The molecule has 0 aromatic rings. The van der Waals surface area contributed by atoms with Gasteiger partial charge in [0.25, 0.3) is 0 Å². The van der Waals surface area contributed by atoms with Crippen LogP contribution in [-0.4, -0.2) is 23.7 Å². The van der Waals surface area contributed by atoms with E-state index < -0.39 is 0 Å². The van der Waals surface area contributed by atoms with Crippen molar-refractivity contribution in [2.75, 3.05) is 6.54 Å². The van der Waals surface area contributed by atoms with E-state index >= 15 is 0 Å². The zero-order chi connectivity index (χ0) is 11.1. The van der Waals surface area contributed by atoms with Crippen LogP contribution >= 0.6 is 0 Å². The highest BCUT2D eigenvalue weighted by molar-refractivity contribution is 5.75. The van der Waals surface area contributed by atoms with Crippen LogP contribution in [0.4, 0.5) is 0 Å². The van der Waals surface area contributed by atoms with Gasteiger partial charge in [-0.2, -0.15) is 0 Å². The summed E-state index contributed by atoms with van der Waals surface area (Å²) in [5.74, 6) is 0.774. The minimum atomic E-state index is -0.370. The fourth-order valence-corrected chi connectivity index (χ4v) is 2.08. The van der Waals surface area contributed by atoms with Crippen molar-refractivity contribution in [3.05, 3.63) is 0 Å². The standard InChI is InChI=1S/C12H23NO2/c1-10(14)7-8-12(15)13-9-11-5-3-2-4-6-11/h10-11,14H,2-9H2,1H3,(H,13,15). The molecule has 1 fully saturated rings. The van der Waals surface area contributed by atoms with Crippen LogP contribution in [0.25, 0.3) is 0 Å². The van der Waals surface area contributed by atoms with Gasteiger partial charge in [0, 0.05) is 13.0 Å². The Kier molecular flexibility index (Phi) is 5.69. The quantitative estimate of drug-likeness (QED) is 0.732. The third-order valence-corrected chi connectivity index (χ3v) is 3.10. The fourth-order valence-electron chi connectivity index (χ4n) is 2.08. The highest BCUT2D eigenvalue weighted by atomic mass is 16.3. The second-order valence-corrected chi connectivity index (χ2v) is 4.70. The number of aliphatic hydroxyl groups excluding tert-OH is 1. The number of rotatable bonds is 5. The van der Waals surface area contributed by atoms with Gasteiger partial charge in [-0.1, -0.05) is 19.3 Å². The van der Waals surface area contributed by atoms with E-state index in [1.165, 1.54) is 32.1 Å². The maximum Gasteiger partial charge on any atom is 0.220 e. The smallest absolute Gasteiger partial charge is 0.220 e. The second kappa shape index (κ2) is 6.83. The molecule has 0 aromatic heterocycles. The van der Waals surface area contributed by atoms with Gasteiger partial charge in [-0.15, -0.1) is 0 Å². The number of nitrogens with one attached hydrogen (secondary N) is 1. The molecule has 88 valence electrons. The lowest BCUT2D eigenvalue weighted by molar-refractivity contribution is -0.121. The molecule has 3 nitrogen and oxygen atoms in total. The summed E-state index contributed by atoms with van der Waals surface area (Å²) in [5.41, 5.74) is 0. The molecule has 0 saturated heterocycles. The number of carbonyl (C=O) groups excluding carboxylic acids is 1. The molecule has 15 heavy (non-hydrogen) atoms. The summed E-state index contributed by atoms with van der Waals surface area (Å²) in [4.78, 5) is 11.4. The van der Waals surface area contributed by atoms with Crippen molar-refractivity contribution >= 4 is 5.91 Å². The maximum absolute atomic E-state index is 11.4. The SMILES string of the molecule is CC(O)CCC(=O)NCC1CCCCC1. The van der Waals surface area contributed by atoms with Gasteiger partial charge in [0.15, 0.2) is 0 Å². The van der Waals surface area contributed by atoms with Crippen LogP contribution in [0, 0.1) is 5.92 Å². The van der Waals surface area contributed by atoms with Crippen LogP contribution in [0.15, 0.2) is 0 Å². The number of hydrogen-bond donors (Lipinski definition) is 2. The van der Waals surface area contributed by atoms with Gasteiger partial charge in [0.05, 0.1) is 6.10 Å². The Morgan fingerprint density at radius 2 is 2.07 bits per heavy atom. The predicted octanol–water partition coefficient (Wildman–Crippen LogP) is 1.84. The Bertz CT molecular complexity index is 186. The molecule has 1 aliphatic rings. The van der Waals surface area contributed by atoms with E-state index in [1.54, 1.807) is 6.92 Å². The molecule has 1 unspecified atom stereocenters. The van der Waals surface area contributed by atoms with Crippen molar-refractivity contribution in [1.82, 2.24) is 5.32 Å². The van der Waals surface area contributed by atoms with E-state index in [0.717, 1.165) is 6.54 Å². The van der Waals surface area contributed by atoms with Gasteiger partial charge < -0.3 is 10.4 Å². The summed E-state index contributed by atoms with van der Waals surface area (Å²) >= 11 is 0. The van der Waals surface area contributed by atoms with Gasteiger partial charge in [-0.05, 0) is 32.1 Å². The zero-order valence-corrected chi connectivity index (χ0v) is 9.67. The zero-order valence-electron chi connectivity index (χ0n) is 9.67. The van der Waals surface area contributed by atoms with Crippen molar-refractivity contribution in [2.24, 2.45) is 5.92 Å². The summed E-state index contributed by atoms with van der Waals surface area (Å²) in [5, 5.41) is 12.0. The monoisotopic (exact) mass is 213 g/mol. The topological polar surface area (TPSA) is 49.3 Å². The van der Waals surface area contributed by atoms with E-state index in [9.17, 15) is 4.79 Å². The molecule has 1 rings (SSSR count). The molecule has 0 bridgehead atoms. The Balaban J connectivity index is 2.05. The first-order chi connectivity index (χ1) is 7.18. The Morgan fingerprint density at radius 3 is 2.67 bits per heavy atom. The van der Waals surface area contributed by atoms with Crippen molar-refractivity contribution in [1.29, 1.82) is 0 Å². The van der Waals surface area contributed by atoms with Gasteiger partial charge in [-0.25, -0.2) is 0 Å². The normalized spacial score (nSPS) is 19.9. The third-order valence-electron chi connectivity index (χ3n) is 3.10. The van der Waals surface area contributed by atoms with E-state index in [4.69, 9.17) is 5.11 Å². The van der Waals surface area contributed by atoms with Crippen LogP contribution in [-0.2, 0) is 4.79 Å². The van der Waals surface area contributed by atoms with E-state index in [0.29, 0.717) is 18.8 Å². The van der Waals surface area contributed by atoms with Crippen molar-refractivity contribution in [3.8, 4) is 0 Å². The highest BCUT2D eigenvalue weighted by Crippen LogP contribution is 2.22. The molecular weight excluding hydrogens is 190 g/mol. The molecular formula is C12H23NO2. The van der Waals surface area contributed by atoms with Crippen LogP contribution in [0.3, 0.4) is 0 Å². The Morgan fingerprint density at radius 1 is 1.40 bits per heavy atom. The van der Waals surface area contributed by atoms with Gasteiger partial charge in [-0.3, -0.25) is 4.79 Å². The molecule has 0 radical (unpaired) electrons. The molecule has 0 aromatic carbocycles.